The smallest absolute Gasteiger partial charge is 0.266 e. The molecule has 0 aliphatic heterocycles. The molecule has 2 heterocycles. The van der Waals surface area contributed by atoms with Crippen molar-refractivity contribution in [2.75, 3.05) is 0 Å². The molecule has 2 aromatic heterocycles. The number of aromatic amines is 1. The molecule has 0 saturated carbocycles. The number of nitrogens with one attached hydrogen (secondary N) is 1. The quantitative estimate of drug-likeness (QED) is 0.719. The molecular formula is C8H6N2OS. The molecule has 3 nitrogen and oxygen atoms in total. The third-order valence-electron chi connectivity index (χ3n) is 1.44. The van der Waals surface area contributed by atoms with Crippen molar-refractivity contribution in [2.24, 2.45) is 0 Å². The van der Waals surface area contributed by atoms with Crippen LogP contribution in [0.5, 0.6) is 0 Å². The van der Waals surface area contributed by atoms with E-state index in [1.807, 2.05) is 17.5 Å². The van der Waals surface area contributed by atoms with Crippen LogP contribution in [0.1, 0.15) is 0 Å². The molecule has 60 valence electrons. The van der Waals surface area contributed by atoms with E-state index in [1.165, 1.54) is 6.20 Å². The summed E-state index contributed by atoms with van der Waals surface area (Å²) in [6.07, 6.45) is 2.91. The van der Waals surface area contributed by atoms with Crippen molar-refractivity contribution >= 4 is 11.3 Å². The molecule has 0 spiro atoms. The van der Waals surface area contributed by atoms with E-state index >= 15 is 0 Å². The van der Waals surface area contributed by atoms with Gasteiger partial charge in [-0.3, -0.25) is 9.78 Å². The summed E-state index contributed by atoms with van der Waals surface area (Å²) in [7, 11) is 0. The molecule has 0 amide bonds. The fourth-order valence-corrected chi connectivity index (χ4v) is 1.63. The van der Waals surface area contributed by atoms with Crippen LogP contribution < -0.4 is 5.56 Å². The van der Waals surface area contributed by atoms with Crippen molar-refractivity contribution in [3.05, 3.63) is 40.3 Å². The molecule has 12 heavy (non-hydrogen) atoms. The van der Waals surface area contributed by atoms with Gasteiger partial charge in [-0.1, -0.05) is 6.07 Å². The van der Waals surface area contributed by atoms with Crippen molar-refractivity contribution in [1.29, 1.82) is 0 Å². The highest BCUT2D eigenvalue weighted by molar-refractivity contribution is 7.13. The molecule has 2 rings (SSSR count). The third-order valence-corrected chi connectivity index (χ3v) is 2.34. The van der Waals surface area contributed by atoms with Crippen LogP contribution in [0.15, 0.2) is 34.7 Å². The SMILES string of the molecule is O=c1cncc(-c2cccs2)[nH]1. The molecule has 0 aliphatic carbocycles. The van der Waals surface area contributed by atoms with Crippen molar-refractivity contribution < 1.29 is 0 Å². The maximum atomic E-state index is 10.9. The molecule has 0 bridgehead atoms. The molecule has 0 fully saturated rings. The van der Waals surface area contributed by atoms with E-state index in [0.717, 1.165) is 10.6 Å². The number of H-pyrrole nitrogens is 1. The molecule has 0 unspecified atom stereocenters. The van der Waals surface area contributed by atoms with Gasteiger partial charge in [0.1, 0.15) is 0 Å². The van der Waals surface area contributed by atoms with Gasteiger partial charge in [0, 0.05) is 0 Å². The average Bonchev–Trinajstić information content (AvgIpc) is 2.56. The summed E-state index contributed by atoms with van der Waals surface area (Å²) in [5.41, 5.74) is 0.610. The molecule has 0 atom stereocenters. The fraction of sp³-hybridized carbons (Fsp3) is 0. The first-order valence-corrected chi connectivity index (χ1v) is 4.32. The van der Waals surface area contributed by atoms with E-state index in [-0.39, 0.29) is 5.56 Å². The Morgan fingerprint density at radius 2 is 2.33 bits per heavy atom. The van der Waals surface area contributed by atoms with Gasteiger partial charge < -0.3 is 4.98 Å². The molecule has 0 aromatic carbocycles. The van der Waals surface area contributed by atoms with Crippen LogP contribution in [-0.2, 0) is 0 Å². The number of thiophene rings is 1. The molecule has 0 saturated heterocycles. The number of rotatable bonds is 1. The highest BCUT2D eigenvalue weighted by atomic mass is 32.1. The van der Waals surface area contributed by atoms with E-state index in [1.54, 1.807) is 17.5 Å². The fourth-order valence-electron chi connectivity index (χ4n) is 0.934. The minimum absolute atomic E-state index is 0.166. The maximum Gasteiger partial charge on any atom is 0.266 e. The molecule has 4 heteroatoms. The van der Waals surface area contributed by atoms with Crippen LogP contribution in [-0.4, -0.2) is 9.97 Å². The average molecular weight is 178 g/mol. The predicted octanol–water partition coefficient (Wildman–Crippen LogP) is 1.50. The number of nitrogens with zero attached hydrogens (tertiary/aromatic N) is 1. The van der Waals surface area contributed by atoms with Crippen LogP contribution >= 0.6 is 11.3 Å². The van der Waals surface area contributed by atoms with Gasteiger partial charge in [-0.2, -0.15) is 0 Å². The van der Waals surface area contributed by atoms with Crippen molar-refractivity contribution in [2.45, 2.75) is 0 Å². The Labute approximate surface area is 72.7 Å². The first kappa shape index (κ1) is 7.24. The molecule has 0 radical (unpaired) electrons. The Hall–Kier alpha value is -1.42. The summed E-state index contributed by atoms with van der Waals surface area (Å²) in [5.74, 6) is 0. The van der Waals surface area contributed by atoms with Crippen LogP contribution in [0, 0.1) is 0 Å². The van der Waals surface area contributed by atoms with Gasteiger partial charge in [0.15, 0.2) is 0 Å². The second-order valence-electron chi connectivity index (χ2n) is 2.29. The zero-order chi connectivity index (χ0) is 8.39. The van der Waals surface area contributed by atoms with Crippen molar-refractivity contribution in [3.8, 4) is 10.6 Å². The monoisotopic (exact) mass is 178 g/mol. The van der Waals surface area contributed by atoms with Crippen LogP contribution in [0.3, 0.4) is 0 Å². The Morgan fingerprint density at radius 1 is 1.42 bits per heavy atom. The zero-order valence-electron chi connectivity index (χ0n) is 6.15. The summed E-state index contributed by atoms with van der Waals surface area (Å²) in [4.78, 5) is 18.4. The van der Waals surface area contributed by atoms with Gasteiger partial charge in [-0.15, -0.1) is 11.3 Å². The van der Waals surface area contributed by atoms with Gasteiger partial charge in [0.05, 0.1) is 23.0 Å². The Kier molecular flexibility index (Phi) is 1.75. The predicted molar refractivity (Wildman–Crippen MR) is 48.2 cm³/mol. The standard InChI is InChI=1S/C8H6N2OS/c11-8-5-9-4-6(10-8)7-2-1-3-12-7/h1-5H,(H,10,11). The summed E-state index contributed by atoms with van der Waals surface area (Å²) >= 11 is 1.57. The second kappa shape index (κ2) is 2.91. The molecule has 0 aliphatic rings. The van der Waals surface area contributed by atoms with Crippen molar-refractivity contribution in [1.82, 2.24) is 9.97 Å². The van der Waals surface area contributed by atoms with Crippen LogP contribution in [0.25, 0.3) is 10.6 Å². The van der Waals surface area contributed by atoms with Gasteiger partial charge in [0.25, 0.3) is 5.56 Å². The first-order chi connectivity index (χ1) is 5.86. The van der Waals surface area contributed by atoms with E-state index in [2.05, 4.69) is 9.97 Å². The largest absolute Gasteiger partial charge is 0.319 e. The second-order valence-corrected chi connectivity index (χ2v) is 3.24. The van der Waals surface area contributed by atoms with Gasteiger partial charge in [-0.25, -0.2) is 0 Å². The third kappa shape index (κ3) is 1.29. The van der Waals surface area contributed by atoms with E-state index < -0.39 is 0 Å². The molecule has 1 N–H and O–H groups in total. The Morgan fingerprint density at radius 3 is 3.00 bits per heavy atom. The Balaban J connectivity index is 2.55. The Bertz CT molecular complexity index is 419. The summed E-state index contributed by atoms with van der Waals surface area (Å²) < 4.78 is 0. The minimum Gasteiger partial charge on any atom is -0.319 e. The summed E-state index contributed by atoms with van der Waals surface area (Å²) in [5, 5.41) is 1.96. The lowest BCUT2D eigenvalue weighted by Crippen LogP contribution is -2.04. The number of hydrogen-bond acceptors (Lipinski definition) is 3. The topological polar surface area (TPSA) is 45.8 Å². The van der Waals surface area contributed by atoms with Gasteiger partial charge in [0.2, 0.25) is 0 Å². The van der Waals surface area contributed by atoms with Crippen molar-refractivity contribution in [3.63, 3.8) is 0 Å². The van der Waals surface area contributed by atoms with E-state index in [4.69, 9.17) is 0 Å². The van der Waals surface area contributed by atoms with Crippen LogP contribution in [0.2, 0.25) is 0 Å². The zero-order valence-corrected chi connectivity index (χ0v) is 6.97. The molecule has 2 aromatic rings. The first-order valence-electron chi connectivity index (χ1n) is 3.44. The van der Waals surface area contributed by atoms with Gasteiger partial charge >= 0.3 is 0 Å². The summed E-state index contributed by atoms with van der Waals surface area (Å²) in [6.45, 7) is 0. The molecular weight excluding hydrogens is 172 g/mol. The lowest BCUT2D eigenvalue weighted by molar-refractivity contribution is 1.15. The van der Waals surface area contributed by atoms with Crippen LogP contribution in [0.4, 0.5) is 0 Å². The minimum atomic E-state index is -0.166. The van der Waals surface area contributed by atoms with E-state index in [9.17, 15) is 4.79 Å². The van der Waals surface area contributed by atoms with Gasteiger partial charge in [-0.05, 0) is 11.4 Å². The number of hydrogen-bond donors (Lipinski definition) is 1. The summed E-state index contributed by atoms with van der Waals surface area (Å²) in [6, 6.07) is 3.88. The van der Waals surface area contributed by atoms with E-state index in [0.29, 0.717) is 0 Å². The number of aromatic nitrogens is 2. The normalized spacial score (nSPS) is 10.0. The highest BCUT2D eigenvalue weighted by Gasteiger charge is 1.97. The lowest BCUT2D eigenvalue weighted by atomic mass is 10.4. The lowest BCUT2D eigenvalue weighted by Gasteiger charge is -1.93. The highest BCUT2D eigenvalue weighted by Crippen LogP contribution is 2.19. The maximum absolute atomic E-state index is 10.9.